The summed E-state index contributed by atoms with van der Waals surface area (Å²) in [6.07, 6.45) is 1.58. The molecule has 0 spiro atoms. The maximum Gasteiger partial charge on any atom is 0.326 e. The highest BCUT2D eigenvalue weighted by Gasteiger charge is 2.28. The smallest absolute Gasteiger partial charge is 0.326 e. The highest BCUT2D eigenvalue weighted by Crippen LogP contribution is 2.37. The SMILES string of the molecule is CC(=O)C(C)(C)COc1ccc(-c2ccc3c(c2)OC(C)CN3C(=O)Nc2ccccc2)cn1. The highest BCUT2D eigenvalue weighted by atomic mass is 16.5. The number of nitrogens with zero attached hydrogens (tertiary/aromatic N) is 2. The molecule has 1 aliphatic heterocycles. The van der Waals surface area contributed by atoms with Gasteiger partial charge in [-0.15, -0.1) is 0 Å². The van der Waals surface area contributed by atoms with E-state index >= 15 is 0 Å². The van der Waals surface area contributed by atoms with Crippen molar-refractivity contribution in [1.29, 1.82) is 0 Å². The molecular formula is C27H29N3O4. The van der Waals surface area contributed by atoms with Gasteiger partial charge in [0, 0.05) is 23.5 Å². The molecule has 1 N–H and O–H groups in total. The maximum absolute atomic E-state index is 13.0. The fourth-order valence-corrected chi connectivity index (χ4v) is 3.52. The zero-order chi connectivity index (χ0) is 24.3. The molecule has 1 aliphatic rings. The topological polar surface area (TPSA) is 80.8 Å². The van der Waals surface area contributed by atoms with Crippen LogP contribution < -0.4 is 19.7 Å². The summed E-state index contributed by atoms with van der Waals surface area (Å²) in [5.41, 5.74) is 2.70. The molecule has 1 atom stereocenters. The predicted molar refractivity (Wildman–Crippen MR) is 133 cm³/mol. The van der Waals surface area contributed by atoms with Crippen LogP contribution in [0.25, 0.3) is 11.1 Å². The molecule has 1 unspecified atom stereocenters. The minimum absolute atomic E-state index is 0.0684. The average molecular weight is 460 g/mol. The molecule has 2 amide bonds. The molecule has 0 radical (unpaired) electrons. The summed E-state index contributed by atoms with van der Waals surface area (Å²) in [6, 6.07) is 18.6. The number of hydrogen-bond donors (Lipinski definition) is 1. The van der Waals surface area contributed by atoms with Gasteiger partial charge >= 0.3 is 6.03 Å². The lowest BCUT2D eigenvalue weighted by Crippen LogP contribution is -2.44. The number of urea groups is 1. The summed E-state index contributed by atoms with van der Waals surface area (Å²) < 4.78 is 11.8. The van der Waals surface area contributed by atoms with E-state index in [2.05, 4.69) is 10.3 Å². The largest absolute Gasteiger partial charge is 0.487 e. The number of para-hydroxylation sites is 1. The van der Waals surface area contributed by atoms with Crippen molar-refractivity contribution in [2.45, 2.75) is 33.8 Å². The quantitative estimate of drug-likeness (QED) is 0.522. The summed E-state index contributed by atoms with van der Waals surface area (Å²) in [7, 11) is 0. The Morgan fingerprint density at radius 2 is 1.85 bits per heavy atom. The maximum atomic E-state index is 13.0. The van der Waals surface area contributed by atoms with Crippen LogP contribution in [0.4, 0.5) is 16.2 Å². The number of hydrogen-bond acceptors (Lipinski definition) is 5. The second-order valence-electron chi connectivity index (χ2n) is 9.13. The fraction of sp³-hybridized carbons (Fsp3) is 0.296. The van der Waals surface area contributed by atoms with E-state index in [1.54, 1.807) is 24.1 Å². The molecule has 176 valence electrons. The van der Waals surface area contributed by atoms with Crippen LogP contribution in [0.5, 0.6) is 11.6 Å². The van der Waals surface area contributed by atoms with Crippen LogP contribution in [0.2, 0.25) is 0 Å². The van der Waals surface area contributed by atoms with Gasteiger partial charge in [0.1, 0.15) is 24.2 Å². The van der Waals surface area contributed by atoms with Gasteiger partial charge in [-0.2, -0.15) is 0 Å². The first-order valence-electron chi connectivity index (χ1n) is 11.3. The molecule has 3 aromatic rings. The normalized spacial score (nSPS) is 15.2. The van der Waals surface area contributed by atoms with Crippen molar-refractivity contribution in [2.24, 2.45) is 5.41 Å². The van der Waals surface area contributed by atoms with E-state index < -0.39 is 5.41 Å². The number of amides is 2. The number of carbonyl (C=O) groups is 2. The summed E-state index contributed by atoms with van der Waals surface area (Å²) in [5.74, 6) is 1.17. The van der Waals surface area contributed by atoms with Crippen molar-refractivity contribution in [3.8, 4) is 22.8 Å². The van der Waals surface area contributed by atoms with Crippen LogP contribution in [0.3, 0.4) is 0 Å². The molecule has 34 heavy (non-hydrogen) atoms. The van der Waals surface area contributed by atoms with Crippen molar-refractivity contribution in [2.75, 3.05) is 23.4 Å². The van der Waals surface area contributed by atoms with Crippen LogP contribution in [0.1, 0.15) is 27.7 Å². The number of ether oxygens (including phenoxy) is 2. The van der Waals surface area contributed by atoms with Gasteiger partial charge in [0.05, 0.1) is 17.6 Å². The molecule has 0 bridgehead atoms. The highest BCUT2D eigenvalue weighted by molar-refractivity contribution is 6.03. The van der Waals surface area contributed by atoms with Crippen LogP contribution in [0, 0.1) is 5.41 Å². The Bertz CT molecular complexity index is 1180. The molecule has 2 heterocycles. The summed E-state index contributed by atoms with van der Waals surface area (Å²) in [5, 5.41) is 2.94. The Labute approximate surface area is 199 Å². The second kappa shape index (κ2) is 9.55. The van der Waals surface area contributed by atoms with Crippen molar-refractivity contribution in [3.63, 3.8) is 0 Å². The average Bonchev–Trinajstić information content (AvgIpc) is 2.82. The van der Waals surface area contributed by atoms with Crippen LogP contribution in [-0.2, 0) is 4.79 Å². The Morgan fingerprint density at radius 3 is 2.53 bits per heavy atom. The van der Waals surface area contributed by atoms with Gasteiger partial charge in [-0.1, -0.05) is 24.3 Å². The van der Waals surface area contributed by atoms with Gasteiger partial charge in [0.2, 0.25) is 5.88 Å². The molecule has 0 saturated heterocycles. The number of pyridine rings is 1. The molecule has 4 rings (SSSR count). The van der Waals surface area contributed by atoms with Gasteiger partial charge in [0.25, 0.3) is 0 Å². The van der Waals surface area contributed by atoms with Crippen molar-refractivity contribution >= 4 is 23.2 Å². The summed E-state index contributed by atoms with van der Waals surface area (Å²) >= 11 is 0. The lowest BCUT2D eigenvalue weighted by atomic mass is 9.90. The van der Waals surface area contributed by atoms with E-state index in [1.165, 1.54) is 0 Å². The van der Waals surface area contributed by atoms with Crippen LogP contribution in [0.15, 0.2) is 66.9 Å². The Hall–Kier alpha value is -3.87. The lowest BCUT2D eigenvalue weighted by molar-refractivity contribution is -0.126. The summed E-state index contributed by atoms with van der Waals surface area (Å²) in [6.45, 7) is 7.91. The van der Waals surface area contributed by atoms with Crippen molar-refractivity contribution < 1.29 is 19.1 Å². The van der Waals surface area contributed by atoms with Crippen LogP contribution >= 0.6 is 0 Å². The fourth-order valence-electron chi connectivity index (χ4n) is 3.52. The molecule has 7 nitrogen and oxygen atoms in total. The first-order valence-corrected chi connectivity index (χ1v) is 11.3. The zero-order valence-corrected chi connectivity index (χ0v) is 19.9. The van der Waals surface area contributed by atoms with E-state index in [0.717, 1.165) is 22.5 Å². The lowest BCUT2D eigenvalue weighted by Gasteiger charge is -2.33. The molecule has 1 aromatic heterocycles. The number of rotatable bonds is 6. The number of carbonyl (C=O) groups excluding carboxylic acids is 2. The Kier molecular flexibility index (Phi) is 6.54. The number of aromatic nitrogens is 1. The minimum Gasteiger partial charge on any atom is -0.487 e. The van der Waals surface area contributed by atoms with E-state index in [4.69, 9.17) is 9.47 Å². The monoisotopic (exact) mass is 459 g/mol. The molecule has 0 fully saturated rings. The van der Waals surface area contributed by atoms with E-state index in [-0.39, 0.29) is 24.5 Å². The van der Waals surface area contributed by atoms with Gasteiger partial charge < -0.3 is 14.8 Å². The van der Waals surface area contributed by atoms with Crippen molar-refractivity contribution in [1.82, 2.24) is 4.98 Å². The van der Waals surface area contributed by atoms with E-state index in [9.17, 15) is 9.59 Å². The van der Waals surface area contributed by atoms with Crippen molar-refractivity contribution in [3.05, 3.63) is 66.9 Å². The number of ketones is 1. The Morgan fingerprint density at radius 1 is 1.12 bits per heavy atom. The van der Waals surface area contributed by atoms with Crippen LogP contribution in [-0.4, -0.2) is 36.1 Å². The predicted octanol–water partition coefficient (Wildman–Crippen LogP) is 5.56. The third kappa shape index (κ3) is 5.20. The first kappa shape index (κ1) is 23.3. The van der Waals surface area contributed by atoms with Gasteiger partial charge in [-0.3, -0.25) is 9.69 Å². The van der Waals surface area contributed by atoms with E-state index in [1.807, 2.05) is 75.4 Å². The first-order chi connectivity index (χ1) is 16.2. The standard InChI is InChI=1S/C27H29N3O4/c1-18-16-30(26(32)29-22-8-6-5-7-9-22)23-12-10-20(14-24(23)34-18)21-11-13-25(28-15-21)33-17-27(3,4)19(2)31/h5-15,18H,16-17H2,1-4H3,(H,29,32). The number of nitrogens with one attached hydrogen (secondary N) is 1. The van der Waals surface area contributed by atoms with E-state index in [0.29, 0.717) is 18.2 Å². The number of Topliss-reactive ketones (excluding diaryl/α,β-unsaturated/α-hetero) is 1. The number of benzene rings is 2. The number of fused-ring (bicyclic) bond motifs is 1. The third-order valence-electron chi connectivity index (χ3n) is 5.89. The zero-order valence-electron chi connectivity index (χ0n) is 19.9. The molecule has 2 aromatic carbocycles. The molecule has 0 saturated carbocycles. The molecular weight excluding hydrogens is 430 g/mol. The van der Waals surface area contributed by atoms with Gasteiger partial charge in [0.15, 0.2) is 0 Å². The second-order valence-corrected chi connectivity index (χ2v) is 9.13. The third-order valence-corrected chi connectivity index (χ3v) is 5.89. The summed E-state index contributed by atoms with van der Waals surface area (Å²) in [4.78, 5) is 30.7. The van der Waals surface area contributed by atoms with Gasteiger partial charge in [-0.05, 0) is 63.6 Å². The van der Waals surface area contributed by atoms with Gasteiger partial charge in [-0.25, -0.2) is 9.78 Å². The molecule has 0 aliphatic carbocycles. The molecule has 7 heteroatoms. The minimum atomic E-state index is -0.564. The number of anilines is 2. The Balaban J connectivity index is 1.51.